The van der Waals surface area contributed by atoms with Gasteiger partial charge in [-0.3, -0.25) is 0 Å². The van der Waals surface area contributed by atoms with Gasteiger partial charge in [-0.1, -0.05) is 0 Å². The first-order valence-corrected chi connectivity index (χ1v) is 7.15. The molecule has 0 N–H and O–H groups in total. The highest BCUT2D eigenvalue weighted by atomic mass is 16.5. The van der Waals surface area contributed by atoms with Gasteiger partial charge in [-0.05, 0) is 18.0 Å². The lowest BCUT2D eigenvalue weighted by atomic mass is 9.98. The highest BCUT2D eigenvalue weighted by molar-refractivity contribution is 5.38. The standard InChI is InChI=1S/C14H17N7O/c1-20(2)14-18-13(22-19-14)10-4-3-5-21(9-10)12-8-16-11(6-15)7-17-12/h7-8,10H,3-5,9H2,1-2H3. The zero-order chi connectivity index (χ0) is 15.5. The molecule has 0 bridgehead atoms. The van der Waals surface area contributed by atoms with Crippen LogP contribution < -0.4 is 9.80 Å². The predicted octanol–water partition coefficient (Wildman–Crippen LogP) is 1.18. The average molecular weight is 299 g/mol. The van der Waals surface area contributed by atoms with E-state index >= 15 is 0 Å². The third-order valence-corrected chi connectivity index (χ3v) is 3.68. The van der Waals surface area contributed by atoms with Crippen LogP contribution in [0.4, 0.5) is 11.8 Å². The average Bonchev–Trinajstić information content (AvgIpc) is 3.05. The lowest BCUT2D eigenvalue weighted by Gasteiger charge is -2.31. The summed E-state index contributed by atoms with van der Waals surface area (Å²) in [5.74, 6) is 2.21. The molecule has 1 atom stereocenters. The molecule has 0 aliphatic carbocycles. The third kappa shape index (κ3) is 2.83. The summed E-state index contributed by atoms with van der Waals surface area (Å²) < 4.78 is 5.38. The van der Waals surface area contributed by atoms with Crippen LogP contribution in [0.15, 0.2) is 16.9 Å². The maximum absolute atomic E-state index is 8.78. The van der Waals surface area contributed by atoms with Gasteiger partial charge in [0.2, 0.25) is 5.89 Å². The van der Waals surface area contributed by atoms with Crippen molar-refractivity contribution in [3.63, 3.8) is 0 Å². The fourth-order valence-corrected chi connectivity index (χ4v) is 2.50. The first kappa shape index (κ1) is 14.3. The molecule has 114 valence electrons. The Kier molecular flexibility index (Phi) is 3.87. The number of hydrogen-bond acceptors (Lipinski definition) is 8. The van der Waals surface area contributed by atoms with Crippen molar-refractivity contribution >= 4 is 11.8 Å². The van der Waals surface area contributed by atoms with Crippen LogP contribution in [0.2, 0.25) is 0 Å². The Bertz CT molecular complexity index is 673. The second-order valence-corrected chi connectivity index (χ2v) is 5.48. The molecule has 3 heterocycles. The zero-order valence-corrected chi connectivity index (χ0v) is 12.6. The van der Waals surface area contributed by atoms with Crippen LogP contribution >= 0.6 is 0 Å². The van der Waals surface area contributed by atoms with Crippen molar-refractivity contribution in [3.8, 4) is 6.07 Å². The molecule has 0 radical (unpaired) electrons. The third-order valence-electron chi connectivity index (χ3n) is 3.68. The summed E-state index contributed by atoms with van der Waals surface area (Å²) in [5, 5.41) is 12.7. The quantitative estimate of drug-likeness (QED) is 0.833. The summed E-state index contributed by atoms with van der Waals surface area (Å²) >= 11 is 0. The monoisotopic (exact) mass is 299 g/mol. The van der Waals surface area contributed by atoms with Crippen LogP contribution in [0.1, 0.15) is 30.3 Å². The summed E-state index contributed by atoms with van der Waals surface area (Å²) in [4.78, 5) is 16.8. The van der Waals surface area contributed by atoms with Crippen LogP contribution in [0, 0.1) is 11.3 Å². The van der Waals surface area contributed by atoms with E-state index < -0.39 is 0 Å². The molecule has 2 aromatic heterocycles. The van der Waals surface area contributed by atoms with Gasteiger partial charge in [0.15, 0.2) is 5.69 Å². The minimum atomic E-state index is 0.187. The number of anilines is 2. The van der Waals surface area contributed by atoms with Crippen molar-refractivity contribution < 1.29 is 4.52 Å². The molecular formula is C14H17N7O. The molecule has 1 fully saturated rings. The van der Waals surface area contributed by atoms with Gasteiger partial charge >= 0.3 is 0 Å². The van der Waals surface area contributed by atoms with Crippen molar-refractivity contribution in [3.05, 3.63) is 24.0 Å². The summed E-state index contributed by atoms with van der Waals surface area (Å²) in [6.45, 7) is 1.67. The van der Waals surface area contributed by atoms with Crippen molar-refractivity contribution in [2.45, 2.75) is 18.8 Å². The van der Waals surface area contributed by atoms with Crippen molar-refractivity contribution in [1.29, 1.82) is 5.26 Å². The summed E-state index contributed by atoms with van der Waals surface area (Å²) in [5.41, 5.74) is 0.324. The molecule has 1 unspecified atom stereocenters. The highest BCUT2D eigenvalue weighted by Crippen LogP contribution is 2.28. The zero-order valence-electron chi connectivity index (χ0n) is 12.6. The molecule has 0 aromatic carbocycles. The highest BCUT2D eigenvalue weighted by Gasteiger charge is 2.27. The maximum atomic E-state index is 8.78. The fraction of sp³-hybridized carbons (Fsp3) is 0.500. The van der Waals surface area contributed by atoms with E-state index in [-0.39, 0.29) is 5.92 Å². The van der Waals surface area contributed by atoms with Gasteiger partial charge in [0.05, 0.1) is 18.3 Å². The first-order valence-electron chi connectivity index (χ1n) is 7.15. The van der Waals surface area contributed by atoms with Gasteiger partial charge < -0.3 is 14.3 Å². The molecule has 8 heteroatoms. The van der Waals surface area contributed by atoms with Crippen LogP contribution in [-0.2, 0) is 0 Å². The summed E-state index contributed by atoms with van der Waals surface area (Å²) in [6, 6.07) is 1.98. The topological polar surface area (TPSA) is 95.0 Å². The molecule has 1 aliphatic rings. The number of nitriles is 1. The fourth-order valence-electron chi connectivity index (χ4n) is 2.50. The molecule has 0 saturated carbocycles. The van der Waals surface area contributed by atoms with E-state index in [0.29, 0.717) is 17.5 Å². The van der Waals surface area contributed by atoms with Crippen LogP contribution in [0.3, 0.4) is 0 Å². The van der Waals surface area contributed by atoms with Crippen LogP contribution in [0.25, 0.3) is 0 Å². The SMILES string of the molecule is CN(C)c1noc(C2CCCN(c3cnc(C#N)cn3)C2)n1. The molecule has 22 heavy (non-hydrogen) atoms. The molecule has 2 aromatic rings. The first-order chi connectivity index (χ1) is 10.7. The molecular weight excluding hydrogens is 282 g/mol. The van der Waals surface area contributed by atoms with Gasteiger partial charge in [-0.15, -0.1) is 0 Å². The molecule has 0 spiro atoms. The Labute approximate surface area is 128 Å². The smallest absolute Gasteiger partial charge is 0.265 e. The minimum absolute atomic E-state index is 0.187. The number of hydrogen-bond donors (Lipinski definition) is 0. The van der Waals surface area contributed by atoms with Gasteiger partial charge in [0.25, 0.3) is 5.95 Å². The van der Waals surface area contributed by atoms with E-state index in [1.165, 1.54) is 6.20 Å². The molecule has 3 rings (SSSR count). The van der Waals surface area contributed by atoms with E-state index in [9.17, 15) is 0 Å². The Balaban J connectivity index is 1.74. The van der Waals surface area contributed by atoms with E-state index in [2.05, 4.69) is 25.0 Å². The molecule has 1 saturated heterocycles. The summed E-state index contributed by atoms with van der Waals surface area (Å²) in [7, 11) is 3.77. The number of aromatic nitrogens is 4. The van der Waals surface area contributed by atoms with Crippen LogP contribution in [-0.4, -0.2) is 47.3 Å². The molecule has 0 amide bonds. The Hall–Kier alpha value is -2.69. The number of piperidine rings is 1. The second kappa shape index (κ2) is 5.97. The van der Waals surface area contributed by atoms with E-state index in [1.54, 1.807) is 6.20 Å². The van der Waals surface area contributed by atoms with E-state index in [1.807, 2.05) is 25.1 Å². The summed E-state index contributed by atoms with van der Waals surface area (Å²) in [6.07, 6.45) is 5.16. The Morgan fingerprint density at radius 2 is 2.23 bits per heavy atom. The van der Waals surface area contributed by atoms with Gasteiger partial charge in [-0.2, -0.15) is 10.2 Å². The van der Waals surface area contributed by atoms with Crippen LogP contribution in [0.5, 0.6) is 0 Å². The van der Waals surface area contributed by atoms with E-state index in [4.69, 9.17) is 9.78 Å². The minimum Gasteiger partial charge on any atom is -0.355 e. The Morgan fingerprint density at radius 3 is 2.86 bits per heavy atom. The predicted molar refractivity (Wildman–Crippen MR) is 79.6 cm³/mol. The molecule has 8 nitrogen and oxygen atoms in total. The van der Waals surface area contributed by atoms with E-state index in [0.717, 1.165) is 31.7 Å². The lowest BCUT2D eigenvalue weighted by molar-refractivity contribution is 0.332. The second-order valence-electron chi connectivity index (χ2n) is 5.48. The number of rotatable bonds is 3. The normalized spacial score (nSPS) is 18.0. The van der Waals surface area contributed by atoms with Gasteiger partial charge in [0.1, 0.15) is 11.9 Å². The van der Waals surface area contributed by atoms with Gasteiger partial charge in [-0.25, -0.2) is 9.97 Å². The lowest BCUT2D eigenvalue weighted by Crippen LogP contribution is -2.35. The number of nitrogens with zero attached hydrogens (tertiary/aromatic N) is 7. The Morgan fingerprint density at radius 1 is 1.36 bits per heavy atom. The van der Waals surface area contributed by atoms with Crippen molar-refractivity contribution in [2.75, 3.05) is 37.0 Å². The van der Waals surface area contributed by atoms with Crippen molar-refractivity contribution in [2.24, 2.45) is 0 Å². The largest absolute Gasteiger partial charge is 0.355 e. The van der Waals surface area contributed by atoms with Gasteiger partial charge in [0, 0.05) is 27.2 Å². The molecule has 1 aliphatic heterocycles. The maximum Gasteiger partial charge on any atom is 0.265 e. The van der Waals surface area contributed by atoms with Crippen molar-refractivity contribution in [1.82, 2.24) is 20.1 Å².